The van der Waals surface area contributed by atoms with Crippen LogP contribution >= 0.6 is 22.6 Å². The molecule has 6 nitrogen and oxygen atoms in total. The lowest BCUT2D eigenvalue weighted by Crippen LogP contribution is -2.37. The molecule has 0 saturated heterocycles. The van der Waals surface area contributed by atoms with E-state index in [0.717, 1.165) is 9.13 Å². The lowest BCUT2D eigenvalue weighted by molar-refractivity contribution is -0.120. The van der Waals surface area contributed by atoms with Crippen molar-refractivity contribution in [3.8, 4) is 0 Å². The Bertz CT molecular complexity index is 793. The number of rotatable bonds is 7. The van der Waals surface area contributed by atoms with E-state index in [1.807, 2.05) is 18.2 Å². The predicted molar refractivity (Wildman–Crippen MR) is 103 cm³/mol. The molecule has 0 bridgehead atoms. The quantitative estimate of drug-likeness (QED) is 0.556. The van der Waals surface area contributed by atoms with Crippen molar-refractivity contribution in [2.75, 3.05) is 13.1 Å². The smallest absolute Gasteiger partial charge is 0.252 e. The first kappa shape index (κ1) is 18.9. The van der Waals surface area contributed by atoms with Crippen LogP contribution in [0.1, 0.15) is 26.3 Å². The van der Waals surface area contributed by atoms with Gasteiger partial charge in [0.25, 0.3) is 5.91 Å². The molecule has 2 aromatic rings. The van der Waals surface area contributed by atoms with Gasteiger partial charge < -0.3 is 16.4 Å². The Morgan fingerprint density at radius 1 is 1.00 bits per heavy atom. The minimum absolute atomic E-state index is 0.0921. The summed E-state index contributed by atoms with van der Waals surface area (Å²) < 4.78 is 0.826. The maximum absolute atomic E-state index is 12.0. The number of carbonyl (C=O) groups excluding carboxylic acids is 3. The van der Waals surface area contributed by atoms with E-state index in [1.165, 1.54) is 0 Å². The van der Waals surface area contributed by atoms with E-state index < -0.39 is 5.91 Å². The van der Waals surface area contributed by atoms with Crippen molar-refractivity contribution in [2.24, 2.45) is 5.73 Å². The Hall–Kier alpha value is -2.42. The number of halogens is 1. The van der Waals surface area contributed by atoms with E-state index in [2.05, 4.69) is 33.2 Å². The molecule has 3 amide bonds. The van der Waals surface area contributed by atoms with Crippen molar-refractivity contribution >= 4 is 40.3 Å². The number of hydrogen-bond acceptors (Lipinski definition) is 3. The van der Waals surface area contributed by atoms with Crippen LogP contribution in [0.2, 0.25) is 0 Å². The van der Waals surface area contributed by atoms with Gasteiger partial charge in [-0.1, -0.05) is 24.3 Å². The maximum Gasteiger partial charge on any atom is 0.252 e. The zero-order chi connectivity index (χ0) is 18.2. The monoisotopic (exact) mass is 451 g/mol. The fourth-order valence-corrected chi connectivity index (χ4v) is 2.82. The summed E-state index contributed by atoms with van der Waals surface area (Å²) in [5.41, 5.74) is 7.12. The summed E-state index contributed by atoms with van der Waals surface area (Å²) in [4.78, 5) is 35.0. The third kappa shape index (κ3) is 5.86. The van der Waals surface area contributed by atoms with Crippen LogP contribution in [0.3, 0.4) is 0 Å². The largest absolute Gasteiger partial charge is 0.366 e. The third-order valence-corrected chi connectivity index (χ3v) is 4.42. The van der Waals surface area contributed by atoms with Gasteiger partial charge in [-0.3, -0.25) is 14.4 Å². The topological polar surface area (TPSA) is 101 Å². The van der Waals surface area contributed by atoms with Crippen molar-refractivity contribution in [2.45, 2.75) is 6.42 Å². The molecule has 25 heavy (non-hydrogen) atoms. The molecule has 2 rings (SSSR count). The van der Waals surface area contributed by atoms with E-state index in [1.54, 1.807) is 30.3 Å². The van der Waals surface area contributed by atoms with E-state index in [9.17, 15) is 14.4 Å². The molecule has 0 radical (unpaired) electrons. The lowest BCUT2D eigenvalue weighted by Gasteiger charge is -2.08. The van der Waals surface area contributed by atoms with Gasteiger partial charge in [0, 0.05) is 15.7 Å². The summed E-state index contributed by atoms with van der Waals surface area (Å²) in [6, 6.07) is 14.1. The Labute approximate surface area is 159 Å². The van der Waals surface area contributed by atoms with Gasteiger partial charge in [-0.15, -0.1) is 0 Å². The maximum atomic E-state index is 12.0. The first-order valence-electron chi connectivity index (χ1n) is 7.65. The van der Waals surface area contributed by atoms with Crippen LogP contribution in [-0.2, 0) is 11.2 Å². The highest BCUT2D eigenvalue weighted by Crippen LogP contribution is 2.10. The van der Waals surface area contributed by atoms with Crippen LogP contribution in [0.4, 0.5) is 0 Å². The molecule has 7 heteroatoms. The van der Waals surface area contributed by atoms with Crippen LogP contribution in [0.25, 0.3) is 0 Å². The molecule has 0 aliphatic rings. The molecular weight excluding hydrogens is 433 g/mol. The van der Waals surface area contributed by atoms with Crippen molar-refractivity contribution < 1.29 is 14.4 Å². The molecule has 0 unspecified atom stereocenters. The molecule has 130 valence electrons. The zero-order valence-corrected chi connectivity index (χ0v) is 15.6. The SMILES string of the molecule is NC(=O)c1cccc(CCNC(=O)CNC(=O)c2ccccc2I)c1. The fourth-order valence-electron chi connectivity index (χ4n) is 2.19. The number of carbonyl (C=O) groups is 3. The average Bonchev–Trinajstić information content (AvgIpc) is 2.60. The summed E-state index contributed by atoms with van der Waals surface area (Å²) in [6.45, 7) is 0.310. The van der Waals surface area contributed by atoms with Gasteiger partial charge in [-0.05, 0) is 58.8 Å². The summed E-state index contributed by atoms with van der Waals surface area (Å²) in [6.07, 6.45) is 0.567. The van der Waals surface area contributed by atoms with Crippen LogP contribution in [0.15, 0.2) is 48.5 Å². The summed E-state index contributed by atoms with van der Waals surface area (Å²) in [5.74, 6) is -1.04. The Balaban J connectivity index is 1.76. The number of hydrogen-bond donors (Lipinski definition) is 3. The molecule has 0 spiro atoms. The van der Waals surface area contributed by atoms with Crippen molar-refractivity contribution in [1.29, 1.82) is 0 Å². The van der Waals surface area contributed by atoms with E-state index >= 15 is 0 Å². The standard InChI is InChI=1S/C18H18IN3O3/c19-15-7-2-1-6-14(15)18(25)22-11-16(23)21-9-8-12-4-3-5-13(10-12)17(20)24/h1-7,10H,8-9,11H2,(H2,20,24)(H,21,23)(H,22,25). The van der Waals surface area contributed by atoms with Crippen LogP contribution in [0.5, 0.6) is 0 Å². The second-order valence-electron chi connectivity index (χ2n) is 5.33. The highest BCUT2D eigenvalue weighted by molar-refractivity contribution is 14.1. The van der Waals surface area contributed by atoms with Crippen molar-refractivity contribution in [3.05, 3.63) is 68.8 Å². The van der Waals surface area contributed by atoms with E-state index in [-0.39, 0.29) is 18.4 Å². The van der Waals surface area contributed by atoms with Crippen molar-refractivity contribution in [3.63, 3.8) is 0 Å². The minimum Gasteiger partial charge on any atom is -0.366 e. The van der Waals surface area contributed by atoms with Crippen LogP contribution in [0, 0.1) is 3.57 Å². The van der Waals surface area contributed by atoms with Gasteiger partial charge in [-0.25, -0.2) is 0 Å². The normalized spacial score (nSPS) is 10.1. The van der Waals surface area contributed by atoms with Gasteiger partial charge >= 0.3 is 0 Å². The third-order valence-electron chi connectivity index (χ3n) is 3.48. The first-order chi connectivity index (χ1) is 12.0. The lowest BCUT2D eigenvalue weighted by atomic mass is 10.1. The highest BCUT2D eigenvalue weighted by atomic mass is 127. The second kappa shape index (κ2) is 9.16. The van der Waals surface area contributed by atoms with Crippen LogP contribution in [-0.4, -0.2) is 30.8 Å². The van der Waals surface area contributed by atoms with Gasteiger partial charge in [0.1, 0.15) is 0 Å². The second-order valence-corrected chi connectivity index (χ2v) is 6.49. The first-order valence-corrected chi connectivity index (χ1v) is 8.73. The fraction of sp³-hybridized carbons (Fsp3) is 0.167. The van der Waals surface area contributed by atoms with Gasteiger partial charge in [-0.2, -0.15) is 0 Å². The van der Waals surface area contributed by atoms with Crippen LogP contribution < -0.4 is 16.4 Å². The number of amides is 3. The number of nitrogens with one attached hydrogen (secondary N) is 2. The molecule has 0 aliphatic heterocycles. The molecule has 0 saturated carbocycles. The summed E-state index contributed by atoms with van der Waals surface area (Å²) in [5, 5.41) is 5.32. The van der Waals surface area contributed by atoms with Crippen molar-refractivity contribution in [1.82, 2.24) is 10.6 Å². The van der Waals surface area contributed by atoms with Gasteiger partial charge in [0.15, 0.2) is 0 Å². The number of nitrogens with two attached hydrogens (primary N) is 1. The highest BCUT2D eigenvalue weighted by Gasteiger charge is 2.10. The molecule has 2 aromatic carbocycles. The van der Waals surface area contributed by atoms with E-state index in [0.29, 0.717) is 24.1 Å². The minimum atomic E-state index is -0.482. The molecule has 0 atom stereocenters. The van der Waals surface area contributed by atoms with Gasteiger partial charge in [0.05, 0.1) is 12.1 Å². The van der Waals surface area contributed by atoms with Gasteiger partial charge in [0.2, 0.25) is 11.8 Å². The predicted octanol–water partition coefficient (Wildman–Crippen LogP) is 1.48. The Morgan fingerprint density at radius 2 is 1.76 bits per heavy atom. The molecule has 0 aromatic heterocycles. The molecule has 0 heterocycles. The Morgan fingerprint density at radius 3 is 2.48 bits per heavy atom. The average molecular weight is 451 g/mol. The Kier molecular flexibility index (Phi) is 6.93. The summed E-state index contributed by atoms with van der Waals surface area (Å²) in [7, 11) is 0. The number of benzene rings is 2. The molecule has 0 fully saturated rings. The number of primary amides is 1. The molecule has 0 aliphatic carbocycles. The summed E-state index contributed by atoms with van der Waals surface area (Å²) >= 11 is 2.07. The molecule has 4 N–H and O–H groups in total. The molecular formula is C18H18IN3O3. The van der Waals surface area contributed by atoms with E-state index in [4.69, 9.17) is 5.73 Å². The zero-order valence-electron chi connectivity index (χ0n) is 13.4.